The molecular formula is C49H41N5. The molecule has 0 radical (unpaired) electrons. The van der Waals surface area contributed by atoms with Crippen LogP contribution in [0.2, 0.25) is 0 Å². The second kappa shape index (κ2) is 10.5. The highest BCUT2D eigenvalue weighted by Crippen LogP contribution is 2.57. The monoisotopic (exact) mass is 699 g/mol. The quantitative estimate of drug-likeness (QED) is 0.180. The molecule has 54 heavy (non-hydrogen) atoms. The predicted octanol–water partition coefficient (Wildman–Crippen LogP) is 12.4. The van der Waals surface area contributed by atoms with E-state index in [0.717, 1.165) is 28.7 Å². The largest absolute Gasteiger partial charge is 0.310 e. The molecular weight excluding hydrogens is 659 g/mol. The van der Waals surface area contributed by atoms with E-state index in [0.29, 0.717) is 0 Å². The van der Waals surface area contributed by atoms with Crippen LogP contribution >= 0.6 is 0 Å². The summed E-state index contributed by atoms with van der Waals surface area (Å²) in [6.07, 6.45) is 3.82. The Labute approximate surface area is 316 Å². The van der Waals surface area contributed by atoms with E-state index in [1.807, 2.05) is 18.5 Å². The van der Waals surface area contributed by atoms with Crippen molar-refractivity contribution >= 4 is 56.1 Å². The highest BCUT2D eigenvalue weighted by molar-refractivity contribution is 6.13. The molecule has 3 aliphatic rings. The number of anilines is 6. The van der Waals surface area contributed by atoms with Crippen molar-refractivity contribution < 1.29 is 0 Å². The van der Waals surface area contributed by atoms with E-state index in [2.05, 4.69) is 177 Å². The number of nitrogens with zero attached hydrogens (tertiary/aromatic N) is 5. The molecule has 0 N–H and O–H groups in total. The van der Waals surface area contributed by atoms with Crippen LogP contribution in [0.25, 0.3) is 27.6 Å². The molecule has 262 valence electrons. The summed E-state index contributed by atoms with van der Waals surface area (Å²) in [5.74, 6) is 1.92. The number of fused-ring (bicyclic) bond motifs is 9. The van der Waals surface area contributed by atoms with Crippen molar-refractivity contribution in [1.29, 1.82) is 0 Å². The molecule has 0 fully saturated rings. The lowest BCUT2D eigenvalue weighted by atomic mass is 9.72. The van der Waals surface area contributed by atoms with Gasteiger partial charge in [0.05, 0.1) is 33.8 Å². The van der Waals surface area contributed by atoms with Gasteiger partial charge in [0.25, 0.3) is 0 Å². The van der Waals surface area contributed by atoms with Gasteiger partial charge in [-0.1, -0.05) is 114 Å². The van der Waals surface area contributed by atoms with Gasteiger partial charge < -0.3 is 4.90 Å². The molecule has 3 aliphatic heterocycles. The van der Waals surface area contributed by atoms with Crippen LogP contribution < -0.4 is 9.80 Å². The number of hydrogen-bond acceptors (Lipinski definition) is 4. The zero-order chi connectivity index (χ0) is 36.7. The Balaban J connectivity index is 1.22. The summed E-state index contributed by atoms with van der Waals surface area (Å²) in [7, 11) is 0. The van der Waals surface area contributed by atoms with Crippen LogP contribution in [0.4, 0.5) is 34.3 Å². The molecule has 3 aromatic heterocycles. The zero-order valence-corrected chi connectivity index (χ0v) is 31.5. The normalized spacial score (nSPS) is 16.7. The maximum Gasteiger partial charge on any atom is 0.141 e. The Morgan fingerprint density at radius 2 is 1.04 bits per heavy atom. The van der Waals surface area contributed by atoms with E-state index < -0.39 is 0 Å². The molecule has 0 atom stereocenters. The zero-order valence-electron chi connectivity index (χ0n) is 31.5. The van der Waals surface area contributed by atoms with E-state index >= 15 is 0 Å². The summed E-state index contributed by atoms with van der Waals surface area (Å²) in [4.78, 5) is 14.8. The van der Waals surface area contributed by atoms with Gasteiger partial charge in [0, 0.05) is 50.7 Å². The standard InChI is InChI=1S/C49H41N5/c1-47(2)34-17-8-10-21-40(34)53(44-22-11-12-25-50-44)42-27-30(23-24-35(42)47)52-39-20-9-7-16-33(39)48(3,4)38-28-32-31-15-13-18-36-45(31)54(41(32)29-43(38)52)46-37(49(36,5)6)19-14-26-51-46/h7-29H,1-6H3. The third-order valence-electron chi connectivity index (χ3n) is 12.8. The molecule has 0 unspecified atom stereocenters. The number of hydrogen-bond donors (Lipinski definition) is 0. The van der Waals surface area contributed by atoms with Gasteiger partial charge in [-0.2, -0.15) is 0 Å². The minimum atomic E-state index is -0.243. The van der Waals surface area contributed by atoms with Crippen LogP contribution in [-0.4, -0.2) is 14.5 Å². The summed E-state index contributed by atoms with van der Waals surface area (Å²) in [5.41, 5.74) is 15.4. The van der Waals surface area contributed by atoms with E-state index in [1.54, 1.807) is 0 Å². The molecule has 0 aliphatic carbocycles. The molecule has 5 aromatic carbocycles. The highest BCUT2D eigenvalue weighted by atomic mass is 15.2. The molecule has 5 nitrogen and oxygen atoms in total. The van der Waals surface area contributed by atoms with E-state index in [9.17, 15) is 0 Å². The first kappa shape index (κ1) is 31.3. The molecule has 0 bridgehead atoms. The average Bonchev–Trinajstić information content (AvgIpc) is 3.51. The number of rotatable bonds is 2. The lowest BCUT2D eigenvalue weighted by Gasteiger charge is -2.44. The minimum Gasteiger partial charge on any atom is -0.310 e. The van der Waals surface area contributed by atoms with E-state index in [1.165, 1.54) is 66.6 Å². The second-order valence-corrected chi connectivity index (χ2v) is 16.8. The lowest BCUT2D eigenvalue weighted by molar-refractivity contribution is 0.624. The second-order valence-electron chi connectivity index (χ2n) is 16.8. The third-order valence-corrected chi connectivity index (χ3v) is 12.8. The summed E-state index contributed by atoms with van der Waals surface area (Å²) < 4.78 is 2.43. The third kappa shape index (κ3) is 3.89. The number of pyridine rings is 2. The molecule has 6 heterocycles. The van der Waals surface area contributed by atoms with Crippen LogP contribution in [-0.2, 0) is 16.2 Å². The Hall–Kier alpha value is -6.20. The Morgan fingerprint density at radius 3 is 1.80 bits per heavy atom. The maximum absolute atomic E-state index is 5.07. The topological polar surface area (TPSA) is 37.2 Å². The van der Waals surface area contributed by atoms with Gasteiger partial charge in [0.2, 0.25) is 0 Å². The van der Waals surface area contributed by atoms with Crippen LogP contribution in [0, 0.1) is 0 Å². The predicted molar refractivity (Wildman–Crippen MR) is 222 cm³/mol. The van der Waals surface area contributed by atoms with Crippen LogP contribution in [0.3, 0.4) is 0 Å². The molecule has 8 aromatic rings. The van der Waals surface area contributed by atoms with E-state index in [4.69, 9.17) is 9.97 Å². The van der Waals surface area contributed by atoms with E-state index in [-0.39, 0.29) is 16.2 Å². The molecule has 0 saturated heterocycles. The van der Waals surface area contributed by atoms with Gasteiger partial charge >= 0.3 is 0 Å². The fourth-order valence-corrected chi connectivity index (χ4v) is 10.0. The van der Waals surface area contributed by atoms with Gasteiger partial charge in [0.15, 0.2) is 0 Å². The first-order valence-corrected chi connectivity index (χ1v) is 19.0. The van der Waals surface area contributed by atoms with Crippen molar-refractivity contribution in [3.05, 3.63) is 173 Å². The molecule has 5 heteroatoms. The first-order chi connectivity index (χ1) is 26.1. The van der Waals surface area contributed by atoms with Crippen LogP contribution in [0.1, 0.15) is 74.9 Å². The summed E-state index contributed by atoms with van der Waals surface area (Å²) in [6, 6.07) is 47.1. The summed E-state index contributed by atoms with van der Waals surface area (Å²) in [5, 5.41) is 2.54. The number of aromatic nitrogens is 3. The smallest absolute Gasteiger partial charge is 0.141 e. The Kier molecular flexibility index (Phi) is 6.08. The van der Waals surface area contributed by atoms with Crippen molar-refractivity contribution in [2.45, 2.75) is 57.8 Å². The Bertz CT molecular complexity index is 2880. The van der Waals surface area contributed by atoms with Crippen LogP contribution in [0.5, 0.6) is 0 Å². The first-order valence-electron chi connectivity index (χ1n) is 19.0. The molecule has 11 rings (SSSR count). The SMILES string of the molecule is CC1(C)c2ccccc2N(c2ccc3c(c2)N(c2ccccn2)c2ccccc2C3(C)C)c2cc3c(cc21)c1cccc2c1n3-c1ncccc1C2(C)C. The van der Waals surface area contributed by atoms with Gasteiger partial charge in [-0.05, 0) is 82.4 Å². The minimum absolute atomic E-state index is 0.177. The fraction of sp³-hybridized carbons (Fsp3) is 0.184. The number of benzene rings is 5. The molecule has 0 amide bonds. The van der Waals surface area contributed by atoms with Gasteiger partial charge in [-0.15, -0.1) is 0 Å². The van der Waals surface area contributed by atoms with Crippen molar-refractivity contribution in [3.63, 3.8) is 0 Å². The van der Waals surface area contributed by atoms with Crippen LogP contribution in [0.15, 0.2) is 140 Å². The molecule has 0 spiro atoms. The van der Waals surface area contributed by atoms with Gasteiger partial charge in [0.1, 0.15) is 11.6 Å². The maximum atomic E-state index is 5.07. The van der Waals surface area contributed by atoms with Gasteiger partial charge in [-0.25, -0.2) is 9.97 Å². The van der Waals surface area contributed by atoms with Crippen molar-refractivity contribution in [2.24, 2.45) is 0 Å². The summed E-state index contributed by atoms with van der Waals surface area (Å²) >= 11 is 0. The number of para-hydroxylation sites is 3. The van der Waals surface area contributed by atoms with Crippen molar-refractivity contribution in [2.75, 3.05) is 9.80 Å². The summed E-state index contributed by atoms with van der Waals surface area (Å²) in [6.45, 7) is 14.1. The van der Waals surface area contributed by atoms with Gasteiger partial charge in [-0.3, -0.25) is 9.47 Å². The molecule has 0 saturated carbocycles. The van der Waals surface area contributed by atoms with Crippen molar-refractivity contribution in [3.8, 4) is 5.82 Å². The highest BCUT2D eigenvalue weighted by Gasteiger charge is 2.42. The average molecular weight is 700 g/mol. The Morgan fingerprint density at radius 1 is 0.426 bits per heavy atom. The van der Waals surface area contributed by atoms with Crippen molar-refractivity contribution in [1.82, 2.24) is 14.5 Å². The fourth-order valence-electron chi connectivity index (χ4n) is 10.0. The lowest BCUT2D eigenvalue weighted by Crippen LogP contribution is -2.32.